The summed E-state index contributed by atoms with van der Waals surface area (Å²) in [5, 5.41) is 4.51. The Hall–Kier alpha value is -1.29. The first kappa shape index (κ1) is 15.6. The van der Waals surface area contributed by atoms with Gasteiger partial charge >= 0.3 is 0 Å². The van der Waals surface area contributed by atoms with Crippen LogP contribution in [0.1, 0.15) is 23.7 Å². The van der Waals surface area contributed by atoms with Crippen molar-refractivity contribution in [3.05, 3.63) is 57.8 Å². The van der Waals surface area contributed by atoms with Crippen LogP contribution in [0.5, 0.6) is 5.75 Å². The minimum atomic E-state index is -0.0881. The topological polar surface area (TPSA) is 34.1 Å². The van der Waals surface area contributed by atoms with Crippen molar-refractivity contribution in [2.75, 3.05) is 13.1 Å². The average molecular weight is 337 g/mol. The zero-order chi connectivity index (χ0) is 15.5. The van der Waals surface area contributed by atoms with Crippen LogP contribution in [-0.2, 0) is 0 Å². The summed E-state index contributed by atoms with van der Waals surface area (Å²) in [6.07, 6.45) is 4.55. The van der Waals surface area contributed by atoms with Crippen LogP contribution in [0.3, 0.4) is 0 Å². The molecule has 0 amide bonds. The molecule has 0 spiro atoms. The van der Waals surface area contributed by atoms with Gasteiger partial charge in [-0.25, -0.2) is 0 Å². The Balaban J connectivity index is 1.95. The third-order valence-corrected chi connectivity index (χ3v) is 4.82. The highest BCUT2D eigenvalue weighted by Crippen LogP contribution is 2.40. The monoisotopic (exact) mass is 336 g/mol. The predicted molar refractivity (Wildman–Crippen MR) is 89.8 cm³/mol. The van der Waals surface area contributed by atoms with Crippen molar-refractivity contribution in [1.29, 1.82) is 0 Å². The van der Waals surface area contributed by atoms with E-state index in [2.05, 4.69) is 10.3 Å². The van der Waals surface area contributed by atoms with Gasteiger partial charge in [-0.15, -0.1) is 0 Å². The highest BCUT2D eigenvalue weighted by atomic mass is 35.5. The van der Waals surface area contributed by atoms with Crippen molar-refractivity contribution < 1.29 is 4.74 Å². The molecule has 2 aromatic rings. The van der Waals surface area contributed by atoms with Crippen molar-refractivity contribution in [1.82, 2.24) is 10.3 Å². The van der Waals surface area contributed by atoms with Crippen LogP contribution in [0.15, 0.2) is 36.7 Å². The molecule has 1 unspecified atom stereocenters. The maximum absolute atomic E-state index is 6.40. The zero-order valence-corrected chi connectivity index (χ0v) is 13.9. The molecule has 5 heteroatoms. The highest BCUT2D eigenvalue weighted by molar-refractivity contribution is 6.37. The number of hydrogen-bond acceptors (Lipinski definition) is 3. The highest BCUT2D eigenvalue weighted by Gasteiger charge is 2.29. The van der Waals surface area contributed by atoms with Gasteiger partial charge in [0.25, 0.3) is 0 Å². The predicted octanol–water partition coefficient (Wildman–Crippen LogP) is 4.43. The minimum absolute atomic E-state index is 0.0881. The maximum atomic E-state index is 6.40. The van der Waals surface area contributed by atoms with Crippen LogP contribution in [0.2, 0.25) is 10.0 Å². The van der Waals surface area contributed by atoms with E-state index in [4.69, 9.17) is 27.9 Å². The number of hydrogen-bond donors (Lipinski definition) is 1. The van der Waals surface area contributed by atoms with Crippen LogP contribution < -0.4 is 10.1 Å². The van der Waals surface area contributed by atoms with Crippen LogP contribution in [-0.4, -0.2) is 18.1 Å². The molecule has 1 saturated heterocycles. The van der Waals surface area contributed by atoms with E-state index in [0.29, 0.717) is 21.7 Å². The van der Waals surface area contributed by atoms with Gasteiger partial charge in [0.1, 0.15) is 6.10 Å². The van der Waals surface area contributed by atoms with Gasteiger partial charge in [-0.3, -0.25) is 4.98 Å². The fourth-order valence-electron chi connectivity index (χ4n) is 2.79. The summed E-state index contributed by atoms with van der Waals surface area (Å²) in [7, 11) is 0. The molecule has 116 valence electrons. The molecule has 0 saturated carbocycles. The molecule has 2 heterocycles. The molecule has 1 aromatic carbocycles. The first-order valence-electron chi connectivity index (χ1n) is 7.38. The molecule has 0 radical (unpaired) electrons. The Labute approximate surface area is 140 Å². The summed E-state index contributed by atoms with van der Waals surface area (Å²) in [4.78, 5) is 4.09. The molecule has 1 aliphatic rings. The lowest BCUT2D eigenvalue weighted by Gasteiger charge is -2.26. The standard InChI is InChI=1S/C17H18Cl2N2O/c1-11-2-3-14(18)17(15(11)19)22-16(13-6-9-21-10-13)12-4-7-20-8-5-12/h2-5,7-8,13,16,21H,6,9-10H2,1H3/t13?,16-/m1/s1. The van der Waals surface area contributed by atoms with Gasteiger partial charge in [-0.2, -0.15) is 0 Å². The molecule has 3 nitrogen and oxygen atoms in total. The Morgan fingerprint density at radius 3 is 2.68 bits per heavy atom. The lowest BCUT2D eigenvalue weighted by Crippen LogP contribution is -2.21. The van der Waals surface area contributed by atoms with E-state index in [9.17, 15) is 0 Å². The molecule has 1 fully saturated rings. The van der Waals surface area contributed by atoms with Gasteiger partial charge in [0.15, 0.2) is 5.75 Å². The van der Waals surface area contributed by atoms with Crippen molar-refractivity contribution in [3.8, 4) is 5.75 Å². The summed E-state index contributed by atoms with van der Waals surface area (Å²) in [6.45, 7) is 3.88. The summed E-state index contributed by atoms with van der Waals surface area (Å²) >= 11 is 12.7. The summed E-state index contributed by atoms with van der Waals surface area (Å²) in [5.41, 5.74) is 2.05. The molecule has 0 aliphatic carbocycles. The zero-order valence-electron chi connectivity index (χ0n) is 12.4. The Morgan fingerprint density at radius 2 is 2.00 bits per heavy atom. The second-order valence-corrected chi connectivity index (χ2v) is 6.36. The van der Waals surface area contributed by atoms with E-state index in [1.165, 1.54) is 0 Å². The number of nitrogens with zero attached hydrogens (tertiary/aromatic N) is 1. The van der Waals surface area contributed by atoms with Crippen LogP contribution in [0.25, 0.3) is 0 Å². The molecule has 1 aliphatic heterocycles. The third-order valence-electron chi connectivity index (χ3n) is 4.05. The van der Waals surface area contributed by atoms with Gasteiger partial charge in [0.2, 0.25) is 0 Å². The molecule has 2 atom stereocenters. The van der Waals surface area contributed by atoms with Crippen molar-refractivity contribution >= 4 is 23.2 Å². The second-order valence-electron chi connectivity index (χ2n) is 5.58. The van der Waals surface area contributed by atoms with E-state index >= 15 is 0 Å². The molecular weight excluding hydrogens is 319 g/mol. The Morgan fingerprint density at radius 1 is 1.23 bits per heavy atom. The SMILES string of the molecule is Cc1ccc(Cl)c(O[C@H](c2ccncc2)C2CCNC2)c1Cl. The molecule has 0 bridgehead atoms. The third kappa shape index (κ3) is 3.22. The molecular formula is C17H18Cl2N2O. The number of rotatable bonds is 4. The Bertz CT molecular complexity index is 643. The van der Waals surface area contributed by atoms with E-state index in [-0.39, 0.29) is 6.10 Å². The van der Waals surface area contributed by atoms with E-state index in [1.54, 1.807) is 12.4 Å². The van der Waals surface area contributed by atoms with Crippen molar-refractivity contribution in [3.63, 3.8) is 0 Å². The van der Waals surface area contributed by atoms with Gasteiger partial charge < -0.3 is 10.1 Å². The summed E-state index contributed by atoms with van der Waals surface area (Å²) < 4.78 is 6.30. The minimum Gasteiger partial charge on any atom is -0.482 e. The number of halogens is 2. The number of aromatic nitrogens is 1. The largest absolute Gasteiger partial charge is 0.482 e. The average Bonchev–Trinajstić information content (AvgIpc) is 3.06. The van der Waals surface area contributed by atoms with Gasteiger partial charge in [-0.05, 0) is 49.2 Å². The van der Waals surface area contributed by atoms with Gasteiger partial charge in [-0.1, -0.05) is 29.3 Å². The first-order valence-corrected chi connectivity index (χ1v) is 8.14. The first-order chi connectivity index (χ1) is 10.7. The van der Waals surface area contributed by atoms with Crippen LogP contribution in [0.4, 0.5) is 0 Å². The lowest BCUT2D eigenvalue weighted by molar-refractivity contribution is 0.144. The number of aryl methyl sites for hydroxylation is 1. The van der Waals surface area contributed by atoms with Crippen LogP contribution in [0, 0.1) is 12.8 Å². The number of ether oxygens (including phenoxy) is 1. The summed E-state index contributed by atoms with van der Waals surface area (Å²) in [5.74, 6) is 0.951. The number of nitrogens with one attached hydrogen (secondary N) is 1. The fraction of sp³-hybridized carbons (Fsp3) is 0.353. The normalized spacial score (nSPS) is 19.1. The van der Waals surface area contributed by atoms with Crippen molar-refractivity contribution in [2.24, 2.45) is 5.92 Å². The Kier molecular flexibility index (Phi) is 4.87. The van der Waals surface area contributed by atoms with E-state index in [1.807, 2.05) is 31.2 Å². The van der Waals surface area contributed by atoms with Gasteiger partial charge in [0, 0.05) is 24.9 Å². The summed E-state index contributed by atoms with van der Waals surface area (Å²) in [6, 6.07) is 7.70. The molecule has 1 aromatic heterocycles. The fourth-order valence-corrected chi connectivity index (χ4v) is 3.25. The molecule has 1 N–H and O–H groups in total. The number of pyridine rings is 1. The van der Waals surface area contributed by atoms with Crippen LogP contribution >= 0.6 is 23.2 Å². The molecule has 3 rings (SSSR count). The maximum Gasteiger partial charge on any atom is 0.157 e. The second kappa shape index (κ2) is 6.86. The van der Waals surface area contributed by atoms with E-state index in [0.717, 1.165) is 30.6 Å². The number of benzene rings is 1. The van der Waals surface area contributed by atoms with Crippen molar-refractivity contribution in [2.45, 2.75) is 19.4 Å². The lowest BCUT2D eigenvalue weighted by atomic mass is 9.95. The van der Waals surface area contributed by atoms with E-state index < -0.39 is 0 Å². The smallest absolute Gasteiger partial charge is 0.157 e. The quantitative estimate of drug-likeness (QED) is 0.896. The van der Waals surface area contributed by atoms with Gasteiger partial charge in [0.05, 0.1) is 10.0 Å². The molecule has 22 heavy (non-hydrogen) atoms.